The number of aryl methyl sites for hydroxylation is 1. The van der Waals surface area contributed by atoms with Crippen LogP contribution in [0.2, 0.25) is 5.15 Å². The van der Waals surface area contributed by atoms with Crippen molar-refractivity contribution in [3.05, 3.63) is 16.9 Å². The summed E-state index contributed by atoms with van der Waals surface area (Å²) in [4.78, 5) is 10.8. The van der Waals surface area contributed by atoms with Gasteiger partial charge in [0.15, 0.2) is 0 Å². The second-order valence-corrected chi connectivity index (χ2v) is 4.55. The number of halogens is 2. The van der Waals surface area contributed by atoms with E-state index < -0.39 is 0 Å². The molecule has 0 radical (unpaired) electrons. The van der Waals surface area contributed by atoms with E-state index in [-0.39, 0.29) is 12.4 Å². The molecule has 1 aliphatic rings. The van der Waals surface area contributed by atoms with Crippen molar-refractivity contribution in [2.24, 2.45) is 0 Å². The molecule has 1 aromatic rings. The number of piperidine rings is 1. The Labute approximate surface area is 113 Å². The van der Waals surface area contributed by atoms with E-state index in [4.69, 9.17) is 11.6 Å². The summed E-state index contributed by atoms with van der Waals surface area (Å²) >= 11 is 6.00. The van der Waals surface area contributed by atoms with Crippen LogP contribution >= 0.6 is 24.0 Å². The van der Waals surface area contributed by atoms with Crippen LogP contribution < -0.4 is 10.2 Å². The maximum absolute atomic E-state index is 6.00. The zero-order valence-electron chi connectivity index (χ0n) is 10.1. The molecule has 6 heteroatoms. The Morgan fingerprint density at radius 3 is 2.59 bits per heavy atom. The smallest absolute Gasteiger partial charge is 0.226 e. The van der Waals surface area contributed by atoms with E-state index in [0.717, 1.165) is 37.4 Å². The van der Waals surface area contributed by atoms with Crippen molar-refractivity contribution in [2.75, 3.05) is 25.0 Å². The first kappa shape index (κ1) is 14.5. The summed E-state index contributed by atoms with van der Waals surface area (Å²) in [6.45, 7) is 3.90. The van der Waals surface area contributed by atoms with Crippen LogP contribution in [0.4, 0.5) is 5.95 Å². The van der Waals surface area contributed by atoms with Gasteiger partial charge >= 0.3 is 0 Å². The van der Waals surface area contributed by atoms with Gasteiger partial charge in [0.2, 0.25) is 5.95 Å². The number of rotatable bonds is 2. The molecule has 0 aliphatic carbocycles. The standard InChI is InChI=1S/C11H17ClN4.ClH/c1-8-7-14-11(15-10(8)12)16-5-3-9(13-2)4-6-16;/h7,9,13H,3-6H2,1-2H3;1H. The largest absolute Gasteiger partial charge is 0.341 e. The molecule has 2 rings (SSSR count). The lowest BCUT2D eigenvalue weighted by molar-refractivity contribution is 0.439. The zero-order chi connectivity index (χ0) is 11.5. The summed E-state index contributed by atoms with van der Waals surface area (Å²) in [5.41, 5.74) is 0.926. The second kappa shape index (κ2) is 6.38. The first-order valence-electron chi connectivity index (χ1n) is 5.62. The van der Waals surface area contributed by atoms with Crippen molar-refractivity contribution in [1.29, 1.82) is 0 Å². The molecule has 0 amide bonds. The van der Waals surface area contributed by atoms with Gasteiger partial charge in [-0.1, -0.05) is 11.6 Å². The molecular weight excluding hydrogens is 259 g/mol. The lowest BCUT2D eigenvalue weighted by atomic mass is 10.1. The summed E-state index contributed by atoms with van der Waals surface area (Å²) in [6.07, 6.45) is 4.05. The van der Waals surface area contributed by atoms with Crippen LogP contribution in [0.25, 0.3) is 0 Å². The molecule has 0 spiro atoms. The zero-order valence-corrected chi connectivity index (χ0v) is 11.7. The van der Waals surface area contributed by atoms with Crippen molar-refractivity contribution in [3.8, 4) is 0 Å². The Bertz CT molecular complexity index is 364. The van der Waals surface area contributed by atoms with E-state index in [0.29, 0.717) is 11.2 Å². The van der Waals surface area contributed by atoms with Gasteiger partial charge in [0, 0.05) is 30.9 Å². The quantitative estimate of drug-likeness (QED) is 0.840. The Morgan fingerprint density at radius 2 is 2.06 bits per heavy atom. The van der Waals surface area contributed by atoms with Gasteiger partial charge in [0.05, 0.1) is 0 Å². The molecule has 2 heterocycles. The lowest BCUT2D eigenvalue weighted by Crippen LogP contribution is -2.41. The van der Waals surface area contributed by atoms with Gasteiger partial charge in [0.1, 0.15) is 5.15 Å². The van der Waals surface area contributed by atoms with E-state index in [1.54, 1.807) is 6.20 Å². The lowest BCUT2D eigenvalue weighted by Gasteiger charge is -2.31. The minimum Gasteiger partial charge on any atom is -0.341 e. The Hall–Kier alpha value is -0.580. The molecule has 0 bridgehead atoms. The highest BCUT2D eigenvalue weighted by Gasteiger charge is 2.19. The van der Waals surface area contributed by atoms with Gasteiger partial charge < -0.3 is 10.2 Å². The minimum absolute atomic E-state index is 0. The maximum atomic E-state index is 6.00. The van der Waals surface area contributed by atoms with Crippen LogP contribution in [0.15, 0.2) is 6.20 Å². The predicted molar refractivity (Wildman–Crippen MR) is 73.3 cm³/mol. The second-order valence-electron chi connectivity index (χ2n) is 4.19. The van der Waals surface area contributed by atoms with Gasteiger partial charge in [-0.3, -0.25) is 0 Å². The Balaban J connectivity index is 0.00000144. The maximum Gasteiger partial charge on any atom is 0.226 e. The van der Waals surface area contributed by atoms with Gasteiger partial charge in [-0.15, -0.1) is 12.4 Å². The van der Waals surface area contributed by atoms with Crippen molar-refractivity contribution < 1.29 is 0 Å². The van der Waals surface area contributed by atoms with E-state index >= 15 is 0 Å². The van der Waals surface area contributed by atoms with E-state index in [1.165, 1.54) is 0 Å². The topological polar surface area (TPSA) is 41.0 Å². The van der Waals surface area contributed by atoms with Crippen LogP contribution in [0, 0.1) is 6.92 Å². The molecule has 1 aliphatic heterocycles. The van der Waals surface area contributed by atoms with E-state index in [1.807, 2.05) is 14.0 Å². The third-order valence-electron chi connectivity index (χ3n) is 3.08. The molecule has 0 atom stereocenters. The minimum atomic E-state index is 0. The monoisotopic (exact) mass is 276 g/mol. The third-order valence-corrected chi connectivity index (χ3v) is 3.47. The normalized spacial score (nSPS) is 16.8. The molecule has 0 saturated carbocycles. The van der Waals surface area contributed by atoms with Crippen LogP contribution in [0.3, 0.4) is 0 Å². The first-order valence-corrected chi connectivity index (χ1v) is 6.00. The van der Waals surface area contributed by atoms with Crippen molar-refractivity contribution >= 4 is 30.0 Å². The van der Waals surface area contributed by atoms with Crippen LogP contribution in [-0.2, 0) is 0 Å². The molecular formula is C11H18Cl2N4. The molecule has 1 fully saturated rings. The highest BCUT2D eigenvalue weighted by atomic mass is 35.5. The molecule has 0 unspecified atom stereocenters. The SMILES string of the molecule is CNC1CCN(c2ncc(C)c(Cl)n2)CC1.Cl. The summed E-state index contributed by atoms with van der Waals surface area (Å²) < 4.78 is 0. The number of aromatic nitrogens is 2. The summed E-state index contributed by atoms with van der Waals surface area (Å²) in [6, 6.07) is 0.622. The number of hydrogen-bond donors (Lipinski definition) is 1. The van der Waals surface area contributed by atoms with Crippen molar-refractivity contribution in [2.45, 2.75) is 25.8 Å². The highest BCUT2D eigenvalue weighted by molar-refractivity contribution is 6.30. The fourth-order valence-corrected chi connectivity index (χ4v) is 2.06. The molecule has 0 aromatic carbocycles. The number of nitrogens with one attached hydrogen (secondary N) is 1. The molecule has 1 saturated heterocycles. The van der Waals surface area contributed by atoms with Gasteiger partial charge in [-0.2, -0.15) is 0 Å². The molecule has 4 nitrogen and oxygen atoms in total. The third kappa shape index (κ3) is 3.44. The van der Waals surface area contributed by atoms with Gasteiger partial charge in [0.25, 0.3) is 0 Å². The Kier molecular flexibility index (Phi) is 5.43. The molecule has 17 heavy (non-hydrogen) atoms. The van der Waals surface area contributed by atoms with Crippen molar-refractivity contribution in [1.82, 2.24) is 15.3 Å². The van der Waals surface area contributed by atoms with Crippen LogP contribution in [0.5, 0.6) is 0 Å². The molecule has 96 valence electrons. The van der Waals surface area contributed by atoms with Crippen LogP contribution in [0.1, 0.15) is 18.4 Å². The fraction of sp³-hybridized carbons (Fsp3) is 0.636. The average molecular weight is 277 g/mol. The summed E-state index contributed by atoms with van der Waals surface area (Å²) in [5, 5.41) is 3.86. The van der Waals surface area contributed by atoms with E-state index in [2.05, 4.69) is 20.2 Å². The number of hydrogen-bond acceptors (Lipinski definition) is 4. The Morgan fingerprint density at radius 1 is 1.41 bits per heavy atom. The van der Waals surface area contributed by atoms with Crippen molar-refractivity contribution in [3.63, 3.8) is 0 Å². The van der Waals surface area contributed by atoms with Gasteiger partial charge in [-0.05, 0) is 26.8 Å². The van der Waals surface area contributed by atoms with Crippen LogP contribution in [-0.4, -0.2) is 36.1 Å². The van der Waals surface area contributed by atoms with Gasteiger partial charge in [-0.25, -0.2) is 9.97 Å². The summed E-state index contributed by atoms with van der Waals surface area (Å²) in [7, 11) is 2.01. The fourth-order valence-electron chi connectivity index (χ4n) is 1.93. The molecule has 1 N–H and O–H groups in total. The summed E-state index contributed by atoms with van der Waals surface area (Å²) in [5.74, 6) is 0.755. The first-order chi connectivity index (χ1) is 7.70. The average Bonchev–Trinajstić information content (AvgIpc) is 2.33. The number of nitrogens with zero attached hydrogens (tertiary/aromatic N) is 3. The number of anilines is 1. The predicted octanol–water partition coefficient (Wildman–Crippen LogP) is 2.05. The molecule has 1 aromatic heterocycles. The van der Waals surface area contributed by atoms with E-state index in [9.17, 15) is 0 Å². The highest BCUT2D eigenvalue weighted by Crippen LogP contribution is 2.19.